The first-order valence-electron chi connectivity index (χ1n) is 10.9. The molecule has 4 aromatic rings. The summed E-state index contributed by atoms with van der Waals surface area (Å²) in [5.74, 6) is -1.07. The number of aldehydes is 1. The first kappa shape index (κ1) is 23.9. The summed E-state index contributed by atoms with van der Waals surface area (Å²) in [5, 5.41) is 0.887. The maximum Gasteiger partial charge on any atom is 0.264 e. The zero-order chi connectivity index (χ0) is 25.6. The van der Waals surface area contributed by atoms with Crippen LogP contribution in [0.4, 0.5) is 0 Å². The fraction of sp³-hybridized carbons (Fsp3) is 0.154. The number of nitrogens with zero attached hydrogens (tertiary/aromatic N) is 1. The summed E-state index contributed by atoms with van der Waals surface area (Å²) in [6, 6.07) is 14.4. The summed E-state index contributed by atoms with van der Waals surface area (Å²) in [6.45, 7) is 1.85. The Kier molecular flexibility index (Phi) is 5.97. The van der Waals surface area contributed by atoms with E-state index in [0.717, 1.165) is 11.8 Å². The maximum absolute atomic E-state index is 13.7. The standard InChI is InChI=1S/C26H21ClN2O6S/c1-15-3-6-17(7-4-15)36(32,33)28-26(31)25(19-10-23-24(11-21(19)27)35-14-34-23)20-12-29(2)22-9-16(13-30)5-8-18(20)22/h3-13,25H,14H2,1-2H3,(H,28,31). The molecule has 10 heteroatoms. The van der Waals surface area contributed by atoms with Gasteiger partial charge in [0.15, 0.2) is 11.5 Å². The van der Waals surface area contributed by atoms with Crippen LogP contribution >= 0.6 is 11.6 Å². The first-order valence-corrected chi connectivity index (χ1v) is 12.8. The number of carbonyl (C=O) groups excluding carboxylic acids is 2. The van der Waals surface area contributed by atoms with Gasteiger partial charge in [0.25, 0.3) is 10.0 Å². The summed E-state index contributed by atoms with van der Waals surface area (Å²) < 4.78 is 41.0. The number of rotatable bonds is 6. The summed E-state index contributed by atoms with van der Waals surface area (Å²) in [7, 11) is -2.39. The van der Waals surface area contributed by atoms with E-state index in [2.05, 4.69) is 4.72 Å². The van der Waals surface area contributed by atoms with Crippen molar-refractivity contribution in [3.05, 3.63) is 88.1 Å². The molecule has 0 radical (unpaired) electrons. The lowest BCUT2D eigenvalue weighted by atomic mass is 9.90. The van der Waals surface area contributed by atoms with Crippen LogP contribution < -0.4 is 14.2 Å². The molecule has 5 rings (SSSR count). The predicted molar refractivity (Wildman–Crippen MR) is 134 cm³/mol. The van der Waals surface area contributed by atoms with E-state index in [4.69, 9.17) is 21.1 Å². The van der Waals surface area contributed by atoms with E-state index in [-0.39, 0.29) is 16.7 Å². The SMILES string of the molecule is Cc1ccc(S(=O)(=O)NC(=O)C(c2cc3c(cc2Cl)OCO3)c2cn(C)c3cc(C=O)ccc23)cc1. The second-order valence-electron chi connectivity index (χ2n) is 8.53. The number of halogens is 1. The first-order chi connectivity index (χ1) is 17.2. The summed E-state index contributed by atoms with van der Waals surface area (Å²) in [6.07, 6.45) is 2.46. The number of sulfonamides is 1. The highest BCUT2D eigenvalue weighted by Gasteiger charge is 2.33. The Morgan fingerprint density at radius 2 is 1.75 bits per heavy atom. The van der Waals surface area contributed by atoms with Crippen LogP contribution in [-0.4, -0.2) is 32.0 Å². The lowest BCUT2D eigenvalue weighted by Crippen LogP contribution is -2.35. The molecule has 0 bridgehead atoms. The smallest absolute Gasteiger partial charge is 0.264 e. The number of hydrogen-bond acceptors (Lipinski definition) is 6. The minimum atomic E-state index is -4.17. The van der Waals surface area contributed by atoms with Crippen LogP contribution in [0.1, 0.15) is 33.0 Å². The van der Waals surface area contributed by atoms with Gasteiger partial charge >= 0.3 is 0 Å². The number of aromatic nitrogens is 1. The predicted octanol–water partition coefficient (Wildman–Crippen LogP) is 4.32. The Morgan fingerprint density at radius 3 is 2.44 bits per heavy atom. The molecule has 1 aliphatic rings. The maximum atomic E-state index is 13.7. The number of nitrogens with one attached hydrogen (secondary N) is 1. The second-order valence-corrected chi connectivity index (χ2v) is 10.6. The molecule has 0 aliphatic carbocycles. The van der Waals surface area contributed by atoms with Crippen molar-refractivity contribution in [2.75, 3.05) is 6.79 Å². The minimum Gasteiger partial charge on any atom is -0.454 e. The van der Waals surface area contributed by atoms with E-state index in [9.17, 15) is 18.0 Å². The molecule has 0 saturated carbocycles. The molecule has 1 atom stereocenters. The van der Waals surface area contributed by atoms with Gasteiger partial charge in [-0.2, -0.15) is 0 Å². The molecule has 2 heterocycles. The van der Waals surface area contributed by atoms with Gasteiger partial charge in [0.1, 0.15) is 6.29 Å². The van der Waals surface area contributed by atoms with Crippen molar-refractivity contribution in [3.8, 4) is 11.5 Å². The third-order valence-electron chi connectivity index (χ3n) is 6.12. The van der Waals surface area contributed by atoms with Gasteiger partial charge in [-0.05, 0) is 42.3 Å². The normalized spacial score (nSPS) is 13.5. The van der Waals surface area contributed by atoms with E-state index in [1.807, 2.05) is 6.92 Å². The van der Waals surface area contributed by atoms with Crippen molar-refractivity contribution < 1.29 is 27.5 Å². The topological polar surface area (TPSA) is 104 Å². The molecule has 0 spiro atoms. The van der Waals surface area contributed by atoms with Crippen molar-refractivity contribution in [3.63, 3.8) is 0 Å². The number of carbonyl (C=O) groups is 2. The molecule has 36 heavy (non-hydrogen) atoms. The molecule has 1 N–H and O–H groups in total. The van der Waals surface area contributed by atoms with Crippen LogP contribution in [0.25, 0.3) is 10.9 Å². The zero-order valence-corrected chi connectivity index (χ0v) is 20.9. The van der Waals surface area contributed by atoms with E-state index in [1.165, 1.54) is 12.1 Å². The lowest BCUT2D eigenvalue weighted by molar-refractivity contribution is -0.119. The van der Waals surface area contributed by atoms with Crippen molar-refractivity contribution in [1.29, 1.82) is 0 Å². The molecule has 0 fully saturated rings. The van der Waals surface area contributed by atoms with Gasteiger partial charge in [-0.25, -0.2) is 13.1 Å². The lowest BCUT2D eigenvalue weighted by Gasteiger charge is -2.19. The van der Waals surface area contributed by atoms with Gasteiger partial charge in [-0.1, -0.05) is 41.4 Å². The van der Waals surface area contributed by atoms with Gasteiger partial charge in [0, 0.05) is 40.8 Å². The van der Waals surface area contributed by atoms with Crippen molar-refractivity contribution in [2.45, 2.75) is 17.7 Å². The number of amides is 1. The Labute approximate surface area is 212 Å². The fourth-order valence-electron chi connectivity index (χ4n) is 4.31. The molecular formula is C26H21ClN2O6S. The number of benzene rings is 3. The van der Waals surface area contributed by atoms with E-state index in [1.54, 1.807) is 60.3 Å². The fourth-order valence-corrected chi connectivity index (χ4v) is 5.57. The van der Waals surface area contributed by atoms with Crippen LogP contribution in [0, 0.1) is 6.92 Å². The van der Waals surface area contributed by atoms with E-state index >= 15 is 0 Å². The highest BCUT2D eigenvalue weighted by atomic mass is 35.5. The molecule has 8 nitrogen and oxygen atoms in total. The van der Waals surface area contributed by atoms with Crippen molar-refractivity contribution >= 4 is 44.7 Å². The van der Waals surface area contributed by atoms with Crippen molar-refractivity contribution in [2.24, 2.45) is 7.05 Å². The number of aryl methyl sites for hydroxylation is 2. The molecule has 184 valence electrons. The molecule has 3 aromatic carbocycles. The van der Waals surface area contributed by atoms with Gasteiger partial charge < -0.3 is 14.0 Å². The van der Waals surface area contributed by atoms with Crippen LogP contribution in [-0.2, 0) is 21.9 Å². The monoisotopic (exact) mass is 524 g/mol. The highest BCUT2D eigenvalue weighted by molar-refractivity contribution is 7.90. The second kappa shape index (κ2) is 9.00. The number of ether oxygens (including phenoxy) is 2. The zero-order valence-electron chi connectivity index (χ0n) is 19.3. The third-order valence-corrected chi connectivity index (χ3v) is 7.81. The average molecular weight is 525 g/mol. The van der Waals surface area contributed by atoms with Gasteiger partial charge in [-0.3, -0.25) is 9.59 Å². The Bertz CT molecular complexity index is 1630. The van der Waals surface area contributed by atoms with Gasteiger partial charge in [0.2, 0.25) is 12.7 Å². The number of fused-ring (bicyclic) bond motifs is 2. The van der Waals surface area contributed by atoms with Crippen molar-refractivity contribution in [1.82, 2.24) is 9.29 Å². The molecular weight excluding hydrogens is 504 g/mol. The Hall–Kier alpha value is -3.82. The number of hydrogen-bond donors (Lipinski definition) is 1. The molecule has 1 unspecified atom stereocenters. The highest BCUT2D eigenvalue weighted by Crippen LogP contribution is 2.43. The van der Waals surface area contributed by atoms with Crippen LogP contribution in [0.15, 0.2) is 65.7 Å². The largest absolute Gasteiger partial charge is 0.454 e. The Balaban J connectivity index is 1.66. The molecule has 1 amide bonds. The molecule has 0 saturated heterocycles. The van der Waals surface area contributed by atoms with Gasteiger partial charge in [-0.15, -0.1) is 0 Å². The van der Waals surface area contributed by atoms with Crippen LogP contribution in [0.5, 0.6) is 11.5 Å². The quantitative estimate of drug-likeness (QED) is 0.377. The molecule has 1 aromatic heterocycles. The molecule has 1 aliphatic heterocycles. The third kappa shape index (κ3) is 4.20. The Morgan fingerprint density at radius 1 is 1.06 bits per heavy atom. The van der Waals surface area contributed by atoms with Crippen LogP contribution in [0.2, 0.25) is 5.02 Å². The minimum absolute atomic E-state index is 0.0104. The average Bonchev–Trinajstić information content (AvgIpc) is 3.43. The van der Waals surface area contributed by atoms with Crippen LogP contribution in [0.3, 0.4) is 0 Å². The van der Waals surface area contributed by atoms with E-state index < -0.39 is 21.8 Å². The summed E-state index contributed by atoms with van der Waals surface area (Å²) in [5.41, 5.74) is 2.92. The summed E-state index contributed by atoms with van der Waals surface area (Å²) in [4.78, 5) is 25.0. The van der Waals surface area contributed by atoms with E-state index in [0.29, 0.717) is 39.1 Å². The summed E-state index contributed by atoms with van der Waals surface area (Å²) >= 11 is 6.59. The van der Waals surface area contributed by atoms with Gasteiger partial charge in [0.05, 0.1) is 10.8 Å².